The van der Waals surface area contributed by atoms with E-state index in [1.807, 2.05) is 48.5 Å². The number of aryl methyl sites for hydroxylation is 1. The molecule has 1 aliphatic rings. The summed E-state index contributed by atoms with van der Waals surface area (Å²) < 4.78 is 42.2. The zero-order valence-corrected chi connectivity index (χ0v) is 14.8. The van der Waals surface area contributed by atoms with Crippen molar-refractivity contribution < 1.29 is 13.2 Å². The standard InChI is InChI=1S/C20H13BrF3N/c1-11-9-16(20(22,23)24)18-17(12-5-4-6-13(21)10-12)14-7-2-3-8-15(14)19(18)25-11/h2-10,17H,1H3. The number of halogens is 4. The van der Waals surface area contributed by atoms with Crippen molar-refractivity contribution in [3.8, 4) is 11.3 Å². The number of hydrogen-bond donors (Lipinski definition) is 0. The van der Waals surface area contributed by atoms with Crippen molar-refractivity contribution in [2.45, 2.75) is 19.0 Å². The highest BCUT2D eigenvalue weighted by molar-refractivity contribution is 9.10. The third-order valence-corrected chi connectivity index (χ3v) is 4.98. The average molecular weight is 404 g/mol. The number of aromatic nitrogens is 1. The van der Waals surface area contributed by atoms with E-state index in [2.05, 4.69) is 20.9 Å². The maximum atomic E-state index is 13.8. The number of rotatable bonds is 1. The Labute approximate surface area is 151 Å². The van der Waals surface area contributed by atoms with Gasteiger partial charge in [0.25, 0.3) is 0 Å². The van der Waals surface area contributed by atoms with E-state index >= 15 is 0 Å². The monoisotopic (exact) mass is 403 g/mol. The molecule has 0 amide bonds. The minimum absolute atomic E-state index is 0.248. The molecule has 0 saturated carbocycles. The maximum Gasteiger partial charge on any atom is 0.416 e. The zero-order valence-electron chi connectivity index (χ0n) is 13.2. The summed E-state index contributed by atoms with van der Waals surface area (Å²) in [5, 5.41) is 0. The SMILES string of the molecule is Cc1cc(C(F)(F)F)c2c(n1)-c1ccccc1C2c1cccc(Br)c1. The third kappa shape index (κ3) is 2.67. The van der Waals surface area contributed by atoms with Crippen molar-refractivity contribution in [2.75, 3.05) is 0 Å². The number of benzene rings is 2. The molecule has 1 unspecified atom stereocenters. The Morgan fingerprint density at radius 2 is 1.76 bits per heavy atom. The molecular weight excluding hydrogens is 391 g/mol. The summed E-state index contributed by atoms with van der Waals surface area (Å²) in [6, 6.07) is 16.0. The van der Waals surface area contributed by atoms with Crippen molar-refractivity contribution >= 4 is 15.9 Å². The Hall–Kier alpha value is -2.14. The molecule has 1 aromatic heterocycles. The zero-order chi connectivity index (χ0) is 17.8. The van der Waals surface area contributed by atoms with Gasteiger partial charge in [0.05, 0.1) is 11.3 Å². The molecule has 0 spiro atoms. The van der Waals surface area contributed by atoms with Gasteiger partial charge < -0.3 is 0 Å². The van der Waals surface area contributed by atoms with E-state index in [4.69, 9.17) is 0 Å². The highest BCUT2D eigenvalue weighted by Gasteiger charge is 2.42. The summed E-state index contributed by atoms with van der Waals surface area (Å²) in [5.41, 5.74) is 2.91. The Balaban J connectivity index is 2.08. The van der Waals surface area contributed by atoms with Gasteiger partial charge in [-0.2, -0.15) is 13.2 Å². The predicted octanol–water partition coefficient (Wildman–Crippen LogP) is 6.33. The molecule has 0 N–H and O–H groups in total. The van der Waals surface area contributed by atoms with Gasteiger partial charge >= 0.3 is 6.18 Å². The van der Waals surface area contributed by atoms with Gasteiger partial charge in [-0.25, -0.2) is 0 Å². The van der Waals surface area contributed by atoms with Crippen molar-refractivity contribution in [1.29, 1.82) is 0 Å². The molecule has 126 valence electrons. The molecule has 4 rings (SSSR count). The molecule has 0 fully saturated rings. The number of hydrogen-bond acceptors (Lipinski definition) is 1. The number of fused-ring (bicyclic) bond motifs is 3. The smallest absolute Gasteiger partial charge is 0.253 e. The fourth-order valence-electron chi connectivity index (χ4n) is 3.57. The molecule has 0 radical (unpaired) electrons. The molecule has 1 atom stereocenters. The number of alkyl halides is 3. The topological polar surface area (TPSA) is 12.9 Å². The van der Waals surface area contributed by atoms with Crippen LogP contribution >= 0.6 is 15.9 Å². The first kappa shape index (κ1) is 16.3. The molecule has 25 heavy (non-hydrogen) atoms. The largest absolute Gasteiger partial charge is 0.416 e. The summed E-state index contributed by atoms with van der Waals surface area (Å²) in [6.45, 7) is 1.60. The van der Waals surface area contributed by atoms with E-state index in [9.17, 15) is 13.2 Å². The lowest BCUT2D eigenvalue weighted by molar-refractivity contribution is -0.138. The van der Waals surface area contributed by atoms with E-state index in [0.29, 0.717) is 11.4 Å². The van der Waals surface area contributed by atoms with Crippen LogP contribution in [0, 0.1) is 6.92 Å². The van der Waals surface area contributed by atoms with Crippen LogP contribution in [-0.4, -0.2) is 4.98 Å². The first-order valence-corrected chi connectivity index (χ1v) is 8.59. The summed E-state index contributed by atoms with van der Waals surface area (Å²) in [7, 11) is 0. The van der Waals surface area contributed by atoms with E-state index < -0.39 is 17.7 Å². The van der Waals surface area contributed by atoms with Crippen LogP contribution in [0.15, 0.2) is 59.1 Å². The van der Waals surface area contributed by atoms with E-state index in [0.717, 1.165) is 27.2 Å². The lowest BCUT2D eigenvalue weighted by Crippen LogP contribution is -2.13. The quantitative estimate of drug-likeness (QED) is 0.361. The normalized spacial score (nSPS) is 15.8. The summed E-state index contributed by atoms with van der Waals surface area (Å²) in [5.74, 6) is -0.478. The van der Waals surface area contributed by atoms with E-state index in [1.165, 1.54) is 0 Å². The second-order valence-corrected chi connectivity index (χ2v) is 7.06. The minimum atomic E-state index is -4.43. The van der Waals surface area contributed by atoms with E-state index in [1.54, 1.807) is 6.92 Å². The first-order chi connectivity index (χ1) is 11.9. The van der Waals surface area contributed by atoms with Crippen molar-refractivity contribution in [3.63, 3.8) is 0 Å². The van der Waals surface area contributed by atoms with Gasteiger partial charge in [0.1, 0.15) is 0 Å². The van der Waals surface area contributed by atoms with Gasteiger partial charge in [0.15, 0.2) is 0 Å². The van der Waals surface area contributed by atoms with Crippen LogP contribution in [0.4, 0.5) is 13.2 Å². The van der Waals surface area contributed by atoms with Gasteiger partial charge in [-0.3, -0.25) is 4.98 Å². The molecule has 2 aromatic carbocycles. The fraction of sp³-hybridized carbons (Fsp3) is 0.150. The van der Waals surface area contributed by atoms with Crippen LogP contribution in [0.5, 0.6) is 0 Å². The summed E-state index contributed by atoms with van der Waals surface area (Å²) >= 11 is 3.42. The highest BCUT2D eigenvalue weighted by Crippen LogP contribution is 2.51. The van der Waals surface area contributed by atoms with Crippen LogP contribution in [-0.2, 0) is 6.18 Å². The summed E-state index contributed by atoms with van der Waals surface area (Å²) in [4.78, 5) is 4.46. The van der Waals surface area contributed by atoms with Crippen molar-refractivity contribution in [1.82, 2.24) is 4.98 Å². The molecule has 1 heterocycles. The van der Waals surface area contributed by atoms with Gasteiger partial charge in [0.2, 0.25) is 0 Å². The van der Waals surface area contributed by atoms with Crippen LogP contribution in [0.2, 0.25) is 0 Å². The first-order valence-electron chi connectivity index (χ1n) is 7.80. The van der Waals surface area contributed by atoms with Gasteiger partial charge in [-0.05, 0) is 36.2 Å². The van der Waals surface area contributed by atoms with Crippen LogP contribution in [0.3, 0.4) is 0 Å². The lowest BCUT2D eigenvalue weighted by Gasteiger charge is -2.19. The molecule has 1 nitrogen and oxygen atoms in total. The van der Waals surface area contributed by atoms with Gasteiger partial charge in [-0.1, -0.05) is 52.3 Å². The number of pyridine rings is 1. The molecular formula is C20H13BrF3N. The second kappa shape index (κ2) is 5.70. The number of nitrogens with zero attached hydrogens (tertiary/aromatic N) is 1. The fourth-order valence-corrected chi connectivity index (χ4v) is 3.98. The summed E-state index contributed by atoms with van der Waals surface area (Å²) in [6.07, 6.45) is -4.43. The lowest BCUT2D eigenvalue weighted by atomic mass is 9.87. The van der Waals surface area contributed by atoms with Crippen molar-refractivity contribution in [3.05, 3.63) is 87.0 Å². The van der Waals surface area contributed by atoms with Gasteiger partial charge in [-0.15, -0.1) is 0 Å². The third-order valence-electron chi connectivity index (χ3n) is 4.49. The molecule has 3 aromatic rings. The van der Waals surface area contributed by atoms with Crippen LogP contribution in [0.25, 0.3) is 11.3 Å². The Bertz CT molecular complexity index is 979. The Kier molecular flexibility index (Phi) is 3.72. The molecule has 0 bridgehead atoms. The second-order valence-electron chi connectivity index (χ2n) is 6.15. The van der Waals surface area contributed by atoms with Gasteiger partial charge in [0, 0.05) is 27.2 Å². The average Bonchev–Trinajstić information content (AvgIpc) is 2.87. The molecule has 0 aliphatic heterocycles. The van der Waals surface area contributed by atoms with E-state index in [-0.39, 0.29) is 5.56 Å². The van der Waals surface area contributed by atoms with Crippen LogP contribution in [0.1, 0.15) is 33.9 Å². The van der Waals surface area contributed by atoms with Crippen molar-refractivity contribution in [2.24, 2.45) is 0 Å². The Morgan fingerprint density at radius 1 is 1.00 bits per heavy atom. The van der Waals surface area contributed by atoms with Crippen LogP contribution < -0.4 is 0 Å². The Morgan fingerprint density at radius 3 is 2.48 bits per heavy atom. The molecule has 5 heteroatoms. The molecule has 1 aliphatic carbocycles. The minimum Gasteiger partial charge on any atom is -0.253 e. The highest BCUT2D eigenvalue weighted by atomic mass is 79.9. The maximum absolute atomic E-state index is 13.8. The predicted molar refractivity (Wildman–Crippen MR) is 94.5 cm³/mol. The molecule has 0 saturated heterocycles.